The first-order valence-electron chi connectivity index (χ1n) is 6.16. The van der Waals surface area contributed by atoms with Crippen LogP contribution in [-0.2, 0) is 21.1 Å². The fourth-order valence-electron chi connectivity index (χ4n) is 1.69. The monoisotopic (exact) mass is 296 g/mol. The SMILES string of the molecule is FC(F)(F)COOCc1cc(OCC2CCCO2)co1. The molecular weight excluding hydrogens is 281 g/mol. The van der Waals surface area contributed by atoms with Crippen LogP contribution in [0.1, 0.15) is 18.6 Å². The van der Waals surface area contributed by atoms with Gasteiger partial charge in [-0.3, -0.25) is 0 Å². The Morgan fingerprint density at radius 2 is 2.15 bits per heavy atom. The Morgan fingerprint density at radius 3 is 2.85 bits per heavy atom. The van der Waals surface area contributed by atoms with Gasteiger partial charge in [-0.15, -0.1) is 0 Å². The summed E-state index contributed by atoms with van der Waals surface area (Å²) < 4.78 is 51.2. The van der Waals surface area contributed by atoms with Gasteiger partial charge in [0.1, 0.15) is 25.2 Å². The van der Waals surface area contributed by atoms with Gasteiger partial charge in [-0.2, -0.15) is 13.2 Å². The second-order valence-electron chi connectivity index (χ2n) is 4.33. The van der Waals surface area contributed by atoms with Crippen molar-refractivity contribution in [1.29, 1.82) is 0 Å². The second kappa shape index (κ2) is 6.96. The van der Waals surface area contributed by atoms with Gasteiger partial charge in [-0.1, -0.05) is 0 Å². The van der Waals surface area contributed by atoms with Gasteiger partial charge in [0.15, 0.2) is 12.4 Å². The molecule has 1 aliphatic heterocycles. The van der Waals surface area contributed by atoms with Crippen molar-refractivity contribution in [2.45, 2.75) is 31.7 Å². The average Bonchev–Trinajstić information content (AvgIpc) is 3.02. The number of hydrogen-bond acceptors (Lipinski definition) is 5. The van der Waals surface area contributed by atoms with E-state index in [-0.39, 0.29) is 12.7 Å². The van der Waals surface area contributed by atoms with Crippen LogP contribution in [0.2, 0.25) is 0 Å². The van der Waals surface area contributed by atoms with Crippen LogP contribution in [0.15, 0.2) is 16.7 Å². The highest BCUT2D eigenvalue weighted by atomic mass is 19.4. The number of rotatable bonds is 7. The minimum atomic E-state index is -4.42. The Hall–Kier alpha value is -1.25. The molecule has 1 atom stereocenters. The lowest BCUT2D eigenvalue weighted by Gasteiger charge is -2.09. The first kappa shape index (κ1) is 15.1. The van der Waals surface area contributed by atoms with Crippen molar-refractivity contribution in [2.24, 2.45) is 0 Å². The molecule has 8 heteroatoms. The lowest BCUT2D eigenvalue weighted by atomic mass is 10.2. The van der Waals surface area contributed by atoms with Crippen LogP contribution in [0.3, 0.4) is 0 Å². The number of hydrogen-bond donors (Lipinski definition) is 0. The molecule has 114 valence electrons. The molecule has 2 heterocycles. The Kier molecular flexibility index (Phi) is 5.27. The number of halogens is 3. The molecular formula is C12H15F3O5. The molecule has 0 radical (unpaired) electrons. The molecule has 0 aliphatic carbocycles. The molecule has 1 fully saturated rings. The van der Waals surface area contributed by atoms with E-state index in [1.54, 1.807) is 0 Å². The first-order valence-corrected chi connectivity index (χ1v) is 6.16. The summed E-state index contributed by atoms with van der Waals surface area (Å²) in [6, 6.07) is 1.53. The van der Waals surface area contributed by atoms with E-state index < -0.39 is 12.8 Å². The van der Waals surface area contributed by atoms with Gasteiger partial charge in [-0.05, 0) is 12.8 Å². The molecule has 0 amide bonds. The lowest BCUT2D eigenvalue weighted by molar-refractivity contribution is -0.349. The highest BCUT2D eigenvalue weighted by Crippen LogP contribution is 2.20. The van der Waals surface area contributed by atoms with E-state index in [0.29, 0.717) is 18.1 Å². The lowest BCUT2D eigenvalue weighted by Crippen LogP contribution is -2.17. The molecule has 0 bridgehead atoms. The van der Waals surface area contributed by atoms with Crippen molar-refractivity contribution >= 4 is 0 Å². The van der Waals surface area contributed by atoms with Crippen LogP contribution >= 0.6 is 0 Å². The Balaban J connectivity index is 1.64. The van der Waals surface area contributed by atoms with Crippen molar-refractivity contribution in [1.82, 2.24) is 0 Å². The summed E-state index contributed by atoms with van der Waals surface area (Å²) in [5.74, 6) is 0.796. The molecule has 1 unspecified atom stereocenters. The number of ether oxygens (including phenoxy) is 2. The van der Waals surface area contributed by atoms with Crippen LogP contribution < -0.4 is 4.74 Å². The van der Waals surface area contributed by atoms with Crippen molar-refractivity contribution in [3.63, 3.8) is 0 Å². The predicted octanol–water partition coefficient (Wildman–Crippen LogP) is 2.85. The van der Waals surface area contributed by atoms with Gasteiger partial charge < -0.3 is 13.9 Å². The van der Waals surface area contributed by atoms with Gasteiger partial charge in [-0.25, -0.2) is 9.78 Å². The smallest absolute Gasteiger partial charge is 0.414 e. The molecule has 0 spiro atoms. The van der Waals surface area contributed by atoms with Crippen molar-refractivity contribution in [3.05, 3.63) is 18.1 Å². The molecule has 1 aromatic heterocycles. The third-order valence-corrected chi connectivity index (χ3v) is 2.60. The van der Waals surface area contributed by atoms with Crippen LogP contribution in [0.4, 0.5) is 13.2 Å². The fraction of sp³-hybridized carbons (Fsp3) is 0.667. The van der Waals surface area contributed by atoms with E-state index in [4.69, 9.17) is 13.9 Å². The normalized spacial score (nSPS) is 19.4. The summed E-state index contributed by atoms with van der Waals surface area (Å²) in [5.41, 5.74) is 0. The number of alkyl halides is 3. The van der Waals surface area contributed by atoms with E-state index in [1.165, 1.54) is 12.3 Å². The largest absolute Gasteiger partial charge is 0.488 e. The third kappa shape index (κ3) is 5.40. The van der Waals surface area contributed by atoms with Crippen LogP contribution in [0.5, 0.6) is 5.75 Å². The van der Waals surface area contributed by atoms with Gasteiger partial charge in [0.05, 0.1) is 6.10 Å². The standard InChI is InChI=1S/C12H15F3O5/c13-12(14,15)8-20-19-7-11-4-10(6-18-11)17-5-9-2-1-3-16-9/h4,6,9H,1-3,5,7-8H2. The maximum atomic E-state index is 11.8. The molecule has 0 saturated carbocycles. The first-order chi connectivity index (χ1) is 9.53. The molecule has 5 nitrogen and oxygen atoms in total. The topological polar surface area (TPSA) is 50.1 Å². The molecule has 2 rings (SSSR count). The molecule has 1 aliphatic rings. The highest BCUT2D eigenvalue weighted by molar-refractivity contribution is 5.18. The predicted molar refractivity (Wildman–Crippen MR) is 60.0 cm³/mol. The minimum absolute atomic E-state index is 0.0831. The molecule has 0 N–H and O–H groups in total. The van der Waals surface area contributed by atoms with Crippen LogP contribution in [0.25, 0.3) is 0 Å². The summed E-state index contributed by atoms with van der Waals surface area (Å²) in [7, 11) is 0. The highest BCUT2D eigenvalue weighted by Gasteiger charge is 2.28. The molecule has 1 aromatic rings. The average molecular weight is 296 g/mol. The molecule has 0 aromatic carbocycles. The van der Waals surface area contributed by atoms with Crippen molar-refractivity contribution in [2.75, 3.05) is 19.8 Å². The zero-order valence-electron chi connectivity index (χ0n) is 10.6. The van der Waals surface area contributed by atoms with E-state index in [0.717, 1.165) is 19.4 Å². The summed E-state index contributed by atoms with van der Waals surface area (Å²) in [4.78, 5) is 8.40. The van der Waals surface area contributed by atoms with Gasteiger partial charge >= 0.3 is 6.18 Å². The van der Waals surface area contributed by atoms with E-state index >= 15 is 0 Å². The second-order valence-corrected chi connectivity index (χ2v) is 4.33. The van der Waals surface area contributed by atoms with Crippen molar-refractivity contribution < 1.29 is 36.8 Å². The molecule has 20 heavy (non-hydrogen) atoms. The zero-order valence-corrected chi connectivity index (χ0v) is 10.6. The quantitative estimate of drug-likeness (QED) is 0.440. The maximum Gasteiger partial charge on any atom is 0.414 e. The van der Waals surface area contributed by atoms with Crippen LogP contribution in [-0.4, -0.2) is 32.1 Å². The summed E-state index contributed by atoms with van der Waals surface area (Å²) in [5, 5.41) is 0. The van der Waals surface area contributed by atoms with E-state index in [2.05, 4.69) is 9.78 Å². The van der Waals surface area contributed by atoms with Crippen molar-refractivity contribution in [3.8, 4) is 5.75 Å². The fourth-order valence-corrected chi connectivity index (χ4v) is 1.69. The van der Waals surface area contributed by atoms with Gasteiger partial charge in [0.25, 0.3) is 0 Å². The summed E-state index contributed by atoms with van der Waals surface area (Å²) in [6.45, 7) is -0.519. The maximum absolute atomic E-state index is 11.8. The molecule has 1 saturated heterocycles. The third-order valence-electron chi connectivity index (χ3n) is 2.60. The summed E-state index contributed by atoms with van der Waals surface area (Å²) in [6.07, 6.45) is -0.996. The minimum Gasteiger partial charge on any atom is -0.488 e. The Morgan fingerprint density at radius 1 is 1.30 bits per heavy atom. The van der Waals surface area contributed by atoms with Gasteiger partial charge in [0.2, 0.25) is 0 Å². The number of furan rings is 1. The van der Waals surface area contributed by atoms with E-state index in [9.17, 15) is 13.2 Å². The van der Waals surface area contributed by atoms with Gasteiger partial charge in [0, 0.05) is 12.7 Å². The Bertz CT molecular complexity index is 398. The van der Waals surface area contributed by atoms with E-state index in [1.807, 2.05) is 0 Å². The summed E-state index contributed by atoms with van der Waals surface area (Å²) >= 11 is 0. The van der Waals surface area contributed by atoms with Crippen LogP contribution in [0, 0.1) is 0 Å². The zero-order chi connectivity index (χ0) is 14.4. The Labute approximate surface area is 113 Å².